The summed E-state index contributed by atoms with van der Waals surface area (Å²) < 4.78 is 13.4. The molecule has 0 fully saturated rings. The average Bonchev–Trinajstić information content (AvgIpc) is 2.95. The monoisotopic (exact) mass is 593 g/mol. The van der Waals surface area contributed by atoms with Gasteiger partial charge in [-0.2, -0.15) is 0 Å². The van der Waals surface area contributed by atoms with Crippen LogP contribution < -0.4 is 16.0 Å². The van der Waals surface area contributed by atoms with Crippen molar-refractivity contribution in [3.63, 3.8) is 0 Å². The van der Waals surface area contributed by atoms with Gasteiger partial charge in [0.1, 0.15) is 11.5 Å². The lowest BCUT2D eigenvalue weighted by Crippen LogP contribution is -2.30. The van der Waals surface area contributed by atoms with Gasteiger partial charge in [-0.3, -0.25) is 14.4 Å². The normalized spacial score (nSPS) is 11.0. The van der Waals surface area contributed by atoms with Crippen LogP contribution in [0.2, 0.25) is 10.0 Å². The molecule has 0 aliphatic heterocycles. The van der Waals surface area contributed by atoms with Crippen LogP contribution in [0.25, 0.3) is 6.08 Å². The standard InChI is InChI=1S/C30H22Cl2FN3O3S/c31-21-8-15-26(25(32)17-21)35-28(37)18-40-24-13-11-23(12-14-24)34-30(39)27(16-19-6-9-22(33)10-7-19)36-29(38)20-4-2-1-3-5-20/h1-17H,18H2,(H,34,39)(H,35,37)(H,36,38)/b27-16-. The van der Waals surface area contributed by atoms with Crippen molar-refractivity contribution in [1.29, 1.82) is 0 Å². The van der Waals surface area contributed by atoms with Crippen molar-refractivity contribution in [2.45, 2.75) is 4.90 Å². The number of rotatable bonds is 9. The molecule has 0 heterocycles. The molecule has 4 aromatic rings. The lowest BCUT2D eigenvalue weighted by atomic mass is 10.1. The highest BCUT2D eigenvalue weighted by Gasteiger charge is 2.15. The smallest absolute Gasteiger partial charge is 0.272 e. The molecule has 10 heteroatoms. The molecule has 0 spiro atoms. The Labute approximate surface area is 244 Å². The predicted octanol–water partition coefficient (Wildman–Crippen LogP) is 7.27. The Bertz CT molecular complexity index is 1550. The van der Waals surface area contributed by atoms with Crippen LogP contribution in [0, 0.1) is 5.82 Å². The molecule has 4 rings (SSSR count). The fourth-order valence-electron chi connectivity index (χ4n) is 3.43. The number of carbonyl (C=O) groups excluding carboxylic acids is 3. The van der Waals surface area contributed by atoms with Crippen LogP contribution in [0.5, 0.6) is 0 Å². The molecule has 0 atom stereocenters. The molecule has 0 aliphatic rings. The molecule has 0 radical (unpaired) electrons. The molecule has 4 aromatic carbocycles. The Morgan fingerprint density at radius 3 is 2.20 bits per heavy atom. The van der Waals surface area contributed by atoms with E-state index in [-0.39, 0.29) is 17.4 Å². The number of hydrogen-bond acceptors (Lipinski definition) is 4. The van der Waals surface area contributed by atoms with Crippen LogP contribution in [0.15, 0.2) is 108 Å². The Balaban J connectivity index is 1.40. The Kier molecular flexibility index (Phi) is 9.96. The van der Waals surface area contributed by atoms with E-state index >= 15 is 0 Å². The second-order valence-electron chi connectivity index (χ2n) is 8.37. The average molecular weight is 594 g/mol. The lowest BCUT2D eigenvalue weighted by molar-refractivity contribution is -0.114. The molecule has 3 N–H and O–H groups in total. The summed E-state index contributed by atoms with van der Waals surface area (Å²) in [6.07, 6.45) is 1.46. The maximum absolute atomic E-state index is 13.4. The minimum atomic E-state index is -0.562. The fourth-order valence-corrected chi connectivity index (χ4v) is 4.58. The van der Waals surface area contributed by atoms with Gasteiger partial charge in [0.15, 0.2) is 0 Å². The third-order valence-electron chi connectivity index (χ3n) is 5.40. The van der Waals surface area contributed by atoms with Crippen molar-refractivity contribution in [2.24, 2.45) is 0 Å². The first kappa shape index (κ1) is 28.9. The third-order valence-corrected chi connectivity index (χ3v) is 6.96. The van der Waals surface area contributed by atoms with E-state index in [9.17, 15) is 18.8 Å². The highest BCUT2D eigenvalue weighted by molar-refractivity contribution is 8.00. The van der Waals surface area contributed by atoms with Crippen LogP contribution in [0.4, 0.5) is 15.8 Å². The number of thioether (sulfide) groups is 1. The second-order valence-corrected chi connectivity index (χ2v) is 10.3. The molecule has 202 valence electrons. The number of nitrogens with one attached hydrogen (secondary N) is 3. The summed E-state index contributed by atoms with van der Waals surface area (Å²) in [5, 5.41) is 8.95. The van der Waals surface area contributed by atoms with Gasteiger partial charge in [-0.1, -0.05) is 53.5 Å². The van der Waals surface area contributed by atoms with Crippen molar-refractivity contribution in [2.75, 3.05) is 16.4 Å². The predicted molar refractivity (Wildman–Crippen MR) is 159 cm³/mol. The minimum absolute atomic E-state index is 0.0172. The van der Waals surface area contributed by atoms with E-state index in [2.05, 4.69) is 16.0 Å². The van der Waals surface area contributed by atoms with Crippen LogP contribution in [-0.2, 0) is 9.59 Å². The van der Waals surface area contributed by atoms with Crippen LogP contribution in [-0.4, -0.2) is 23.5 Å². The van der Waals surface area contributed by atoms with E-state index < -0.39 is 17.6 Å². The molecule has 40 heavy (non-hydrogen) atoms. The van der Waals surface area contributed by atoms with E-state index in [1.54, 1.807) is 72.8 Å². The van der Waals surface area contributed by atoms with Gasteiger partial charge in [0.05, 0.1) is 16.5 Å². The molecule has 0 saturated heterocycles. The number of hydrogen-bond donors (Lipinski definition) is 3. The molecular weight excluding hydrogens is 572 g/mol. The van der Waals surface area contributed by atoms with Crippen LogP contribution >= 0.6 is 35.0 Å². The number of carbonyl (C=O) groups is 3. The molecule has 0 aliphatic carbocycles. The van der Waals surface area contributed by atoms with E-state index in [1.807, 2.05) is 0 Å². The quantitative estimate of drug-likeness (QED) is 0.141. The van der Waals surface area contributed by atoms with Gasteiger partial charge in [0.2, 0.25) is 5.91 Å². The summed E-state index contributed by atoms with van der Waals surface area (Å²) in [5.41, 5.74) is 1.84. The fraction of sp³-hybridized carbons (Fsp3) is 0.0333. The molecule has 3 amide bonds. The summed E-state index contributed by atoms with van der Waals surface area (Å²) in [6, 6.07) is 25.7. The van der Waals surface area contributed by atoms with Crippen molar-refractivity contribution < 1.29 is 18.8 Å². The Morgan fingerprint density at radius 2 is 1.52 bits per heavy atom. The first-order valence-electron chi connectivity index (χ1n) is 11.9. The number of halogens is 3. The number of benzene rings is 4. The first-order valence-corrected chi connectivity index (χ1v) is 13.6. The summed E-state index contributed by atoms with van der Waals surface area (Å²) >= 11 is 13.3. The van der Waals surface area contributed by atoms with Gasteiger partial charge >= 0.3 is 0 Å². The zero-order valence-corrected chi connectivity index (χ0v) is 23.1. The number of anilines is 2. The van der Waals surface area contributed by atoms with Crippen molar-refractivity contribution in [3.05, 3.63) is 130 Å². The Hall–Kier alpha value is -4.11. The molecule has 0 unspecified atom stereocenters. The number of amides is 3. The molecular formula is C30H22Cl2FN3O3S. The van der Waals surface area contributed by atoms with Gasteiger partial charge in [-0.05, 0) is 78.4 Å². The SMILES string of the molecule is O=C(CSc1ccc(NC(=O)/C(=C/c2ccc(F)cc2)NC(=O)c2ccccc2)cc1)Nc1ccc(Cl)cc1Cl. The van der Waals surface area contributed by atoms with Gasteiger partial charge in [0.25, 0.3) is 11.8 Å². The zero-order chi connectivity index (χ0) is 28.5. The molecule has 6 nitrogen and oxygen atoms in total. The third kappa shape index (κ3) is 8.44. The lowest BCUT2D eigenvalue weighted by Gasteiger charge is -2.12. The largest absolute Gasteiger partial charge is 0.324 e. The van der Waals surface area contributed by atoms with Gasteiger partial charge in [-0.15, -0.1) is 11.8 Å². The summed E-state index contributed by atoms with van der Waals surface area (Å²) in [7, 11) is 0. The summed E-state index contributed by atoms with van der Waals surface area (Å²) in [5.74, 6) is -1.54. The van der Waals surface area contributed by atoms with Crippen molar-refractivity contribution >= 4 is 70.1 Å². The van der Waals surface area contributed by atoms with Crippen molar-refractivity contribution in [3.8, 4) is 0 Å². The van der Waals surface area contributed by atoms with Gasteiger partial charge in [-0.25, -0.2) is 4.39 Å². The van der Waals surface area contributed by atoms with Crippen LogP contribution in [0.3, 0.4) is 0 Å². The zero-order valence-electron chi connectivity index (χ0n) is 20.8. The van der Waals surface area contributed by atoms with Gasteiger partial charge in [0, 0.05) is 21.2 Å². The van der Waals surface area contributed by atoms with Crippen LogP contribution in [0.1, 0.15) is 15.9 Å². The van der Waals surface area contributed by atoms with Crippen molar-refractivity contribution in [1.82, 2.24) is 5.32 Å². The van der Waals surface area contributed by atoms with E-state index in [1.165, 1.54) is 42.1 Å². The highest BCUT2D eigenvalue weighted by Crippen LogP contribution is 2.26. The molecule has 0 bridgehead atoms. The summed E-state index contributed by atoms with van der Waals surface area (Å²) in [4.78, 5) is 39.0. The maximum atomic E-state index is 13.4. The minimum Gasteiger partial charge on any atom is -0.324 e. The van der Waals surface area contributed by atoms with E-state index in [0.29, 0.717) is 32.5 Å². The topological polar surface area (TPSA) is 87.3 Å². The maximum Gasteiger partial charge on any atom is 0.272 e. The highest BCUT2D eigenvalue weighted by atomic mass is 35.5. The second kappa shape index (κ2) is 13.8. The van der Waals surface area contributed by atoms with Gasteiger partial charge < -0.3 is 16.0 Å². The van der Waals surface area contributed by atoms with E-state index in [4.69, 9.17) is 23.2 Å². The first-order chi connectivity index (χ1) is 19.3. The van der Waals surface area contributed by atoms with E-state index in [0.717, 1.165) is 4.90 Å². The molecule has 0 aromatic heterocycles. The summed E-state index contributed by atoms with van der Waals surface area (Å²) in [6.45, 7) is 0. The Morgan fingerprint density at radius 1 is 0.825 bits per heavy atom. The molecule has 0 saturated carbocycles.